The first-order valence-electron chi connectivity index (χ1n) is 7.13. The molecule has 0 unspecified atom stereocenters. The molecule has 0 fully saturated rings. The van der Waals surface area contributed by atoms with Crippen molar-refractivity contribution in [2.45, 2.75) is 0 Å². The van der Waals surface area contributed by atoms with Crippen LogP contribution in [0.25, 0.3) is 11.4 Å². The van der Waals surface area contributed by atoms with E-state index in [0.717, 1.165) is 5.69 Å². The number of benzene rings is 1. The van der Waals surface area contributed by atoms with Crippen LogP contribution in [-0.2, 0) is 4.74 Å². The summed E-state index contributed by atoms with van der Waals surface area (Å²) in [4.78, 5) is 12.2. The molecule has 2 N–H and O–H groups in total. The minimum Gasteiger partial charge on any atom is -0.495 e. The second-order valence-corrected chi connectivity index (χ2v) is 5.00. The van der Waals surface area contributed by atoms with Crippen LogP contribution in [-0.4, -0.2) is 39.5 Å². The number of rotatable bonds is 4. The molecule has 0 amide bonds. The minimum absolute atomic E-state index is 0.0473. The van der Waals surface area contributed by atoms with Crippen molar-refractivity contribution in [3.8, 4) is 23.2 Å². The standard InChI is InChI=1S/C16H14N6O3/c1-24-13-4-3-11(21-8-19-20-9-21)5-12(13)22-7-10(6-17)14(18)15(22)16(23)25-2/h3-5,7-9H,18H2,1-2H3. The molecule has 0 aliphatic heterocycles. The van der Waals surface area contributed by atoms with Crippen molar-refractivity contribution in [2.75, 3.05) is 20.0 Å². The van der Waals surface area contributed by atoms with Crippen LogP contribution in [0.4, 0.5) is 5.69 Å². The first-order valence-corrected chi connectivity index (χ1v) is 7.13. The highest BCUT2D eigenvalue weighted by Gasteiger charge is 2.23. The molecule has 2 aromatic heterocycles. The predicted molar refractivity (Wildman–Crippen MR) is 87.7 cm³/mol. The van der Waals surface area contributed by atoms with Gasteiger partial charge in [-0.1, -0.05) is 0 Å². The molecule has 9 heteroatoms. The smallest absolute Gasteiger partial charge is 0.357 e. The number of methoxy groups -OCH3 is 2. The zero-order valence-electron chi connectivity index (χ0n) is 13.5. The first-order chi connectivity index (χ1) is 12.1. The maximum Gasteiger partial charge on any atom is 0.357 e. The number of carbonyl (C=O) groups is 1. The van der Waals surface area contributed by atoms with Crippen LogP contribution in [0.15, 0.2) is 37.1 Å². The summed E-state index contributed by atoms with van der Waals surface area (Å²) in [6, 6.07) is 7.26. The molecule has 0 radical (unpaired) electrons. The van der Waals surface area contributed by atoms with Crippen molar-refractivity contribution in [1.82, 2.24) is 19.3 Å². The first kappa shape index (κ1) is 16.1. The van der Waals surface area contributed by atoms with Gasteiger partial charge in [0.25, 0.3) is 0 Å². The molecule has 0 atom stereocenters. The number of nitriles is 1. The molecule has 0 saturated heterocycles. The van der Waals surface area contributed by atoms with E-state index in [4.69, 9.17) is 15.2 Å². The van der Waals surface area contributed by atoms with Gasteiger partial charge in [-0.05, 0) is 18.2 Å². The summed E-state index contributed by atoms with van der Waals surface area (Å²) < 4.78 is 13.4. The van der Waals surface area contributed by atoms with Gasteiger partial charge in [-0.3, -0.25) is 4.57 Å². The third kappa shape index (κ3) is 2.66. The van der Waals surface area contributed by atoms with Crippen LogP contribution in [0.2, 0.25) is 0 Å². The van der Waals surface area contributed by atoms with E-state index in [0.29, 0.717) is 11.4 Å². The quantitative estimate of drug-likeness (QED) is 0.712. The summed E-state index contributed by atoms with van der Waals surface area (Å²) in [6.07, 6.45) is 4.55. The van der Waals surface area contributed by atoms with E-state index in [1.165, 1.54) is 37.6 Å². The number of aromatic nitrogens is 4. The van der Waals surface area contributed by atoms with Crippen LogP contribution < -0.4 is 10.5 Å². The van der Waals surface area contributed by atoms with Gasteiger partial charge in [0.1, 0.15) is 24.5 Å². The Morgan fingerprint density at radius 1 is 1.28 bits per heavy atom. The van der Waals surface area contributed by atoms with E-state index >= 15 is 0 Å². The van der Waals surface area contributed by atoms with Crippen LogP contribution >= 0.6 is 0 Å². The minimum atomic E-state index is -0.657. The fourth-order valence-electron chi connectivity index (χ4n) is 2.47. The molecule has 0 saturated carbocycles. The number of anilines is 1. The monoisotopic (exact) mass is 338 g/mol. The maximum absolute atomic E-state index is 12.2. The molecule has 0 spiro atoms. The van der Waals surface area contributed by atoms with E-state index in [2.05, 4.69) is 10.2 Å². The Labute approximate surface area is 142 Å². The lowest BCUT2D eigenvalue weighted by atomic mass is 10.2. The van der Waals surface area contributed by atoms with Crippen molar-refractivity contribution >= 4 is 11.7 Å². The number of hydrogen-bond donors (Lipinski definition) is 1. The molecule has 2 heterocycles. The summed E-state index contributed by atoms with van der Waals surface area (Å²) >= 11 is 0. The topological polar surface area (TPSA) is 121 Å². The second-order valence-electron chi connectivity index (χ2n) is 5.00. The highest BCUT2D eigenvalue weighted by Crippen LogP contribution is 2.31. The van der Waals surface area contributed by atoms with E-state index in [1.54, 1.807) is 16.7 Å². The van der Waals surface area contributed by atoms with Gasteiger partial charge in [-0.25, -0.2) is 4.79 Å². The lowest BCUT2D eigenvalue weighted by Gasteiger charge is -2.14. The van der Waals surface area contributed by atoms with Gasteiger partial charge in [0, 0.05) is 6.20 Å². The van der Waals surface area contributed by atoms with E-state index < -0.39 is 5.97 Å². The van der Waals surface area contributed by atoms with Gasteiger partial charge in [-0.2, -0.15) is 5.26 Å². The fourth-order valence-corrected chi connectivity index (χ4v) is 2.47. The Morgan fingerprint density at radius 2 is 2.00 bits per heavy atom. The molecule has 3 rings (SSSR count). The lowest BCUT2D eigenvalue weighted by Crippen LogP contribution is -2.12. The molecular formula is C16H14N6O3. The number of nitrogens with two attached hydrogens (primary N) is 1. The average Bonchev–Trinajstić information content (AvgIpc) is 3.28. The Hall–Kier alpha value is -3.80. The second kappa shape index (κ2) is 6.37. The molecule has 126 valence electrons. The van der Waals surface area contributed by atoms with Crippen LogP contribution in [0.3, 0.4) is 0 Å². The summed E-state index contributed by atoms with van der Waals surface area (Å²) in [5.74, 6) is -0.169. The number of carbonyl (C=O) groups excluding carboxylic acids is 1. The molecular weight excluding hydrogens is 324 g/mol. The van der Waals surface area contributed by atoms with Crippen LogP contribution in [0.5, 0.6) is 5.75 Å². The molecule has 0 aliphatic carbocycles. The third-order valence-corrected chi connectivity index (χ3v) is 3.68. The maximum atomic E-state index is 12.2. The Kier molecular flexibility index (Phi) is 4.09. The van der Waals surface area contributed by atoms with Gasteiger partial charge in [0.15, 0.2) is 5.69 Å². The Bertz CT molecular complexity index is 969. The van der Waals surface area contributed by atoms with E-state index in [9.17, 15) is 10.1 Å². The Morgan fingerprint density at radius 3 is 2.60 bits per heavy atom. The molecule has 9 nitrogen and oxygen atoms in total. The van der Waals surface area contributed by atoms with Crippen LogP contribution in [0.1, 0.15) is 16.1 Å². The Balaban J connectivity index is 2.27. The summed E-state index contributed by atoms with van der Waals surface area (Å²) in [7, 11) is 2.75. The molecule has 1 aromatic carbocycles. The van der Waals surface area contributed by atoms with Crippen molar-refractivity contribution in [1.29, 1.82) is 5.26 Å². The van der Waals surface area contributed by atoms with E-state index in [1.807, 2.05) is 12.1 Å². The van der Waals surface area contributed by atoms with E-state index in [-0.39, 0.29) is 16.9 Å². The predicted octanol–water partition coefficient (Wildman–Crippen LogP) is 1.31. The van der Waals surface area contributed by atoms with Gasteiger partial charge >= 0.3 is 5.97 Å². The number of esters is 1. The van der Waals surface area contributed by atoms with Gasteiger partial charge in [0.05, 0.1) is 36.8 Å². The number of nitrogens with zero attached hydrogens (tertiary/aromatic N) is 5. The van der Waals surface area contributed by atoms with Gasteiger partial charge in [-0.15, -0.1) is 10.2 Å². The summed E-state index contributed by atoms with van der Waals surface area (Å²) in [5.41, 5.74) is 7.46. The van der Waals surface area contributed by atoms with Crippen molar-refractivity contribution in [3.05, 3.63) is 48.3 Å². The molecule has 0 aliphatic rings. The third-order valence-electron chi connectivity index (χ3n) is 3.68. The van der Waals surface area contributed by atoms with Crippen LogP contribution in [0, 0.1) is 11.3 Å². The SMILES string of the molecule is COC(=O)c1c(N)c(C#N)cn1-c1cc(-n2cnnc2)ccc1OC. The largest absolute Gasteiger partial charge is 0.495 e. The van der Waals surface area contributed by atoms with Crippen molar-refractivity contribution < 1.29 is 14.3 Å². The number of hydrogen-bond acceptors (Lipinski definition) is 7. The summed E-state index contributed by atoms with van der Waals surface area (Å²) in [5, 5.41) is 16.8. The van der Waals surface area contributed by atoms with Crippen molar-refractivity contribution in [2.24, 2.45) is 0 Å². The average molecular weight is 338 g/mol. The van der Waals surface area contributed by atoms with Gasteiger partial charge in [0.2, 0.25) is 0 Å². The number of ether oxygens (including phenoxy) is 2. The molecule has 0 bridgehead atoms. The zero-order valence-corrected chi connectivity index (χ0v) is 13.5. The fraction of sp³-hybridized carbons (Fsp3) is 0.125. The lowest BCUT2D eigenvalue weighted by molar-refractivity contribution is 0.0593. The summed E-state index contributed by atoms with van der Waals surface area (Å²) in [6.45, 7) is 0. The molecule has 25 heavy (non-hydrogen) atoms. The van der Waals surface area contributed by atoms with Gasteiger partial charge < -0.3 is 19.8 Å². The highest BCUT2D eigenvalue weighted by atomic mass is 16.5. The normalized spacial score (nSPS) is 10.3. The molecule has 3 aromatic rings. The highest BCUT2D eigenvalue weighted by molar-refractivity contribution is 5.96. The zero-order chi connectivity index (χ0) is 18.0. The van der Waals surface area contributed by atoms with Crippen molar-refractivity contribution in [3.63, 3.8) is 0 Å². The number of nitrogen functional groups attached to an aromatic ring is 1.